The van der Waals surface area contributed by atoms with E-state index in [0.717, 1.165) is 5.69 Å². The highest BCUT2D eigenvalue weighted by molar-refractivity contribution is 5.99. The standard InChI is InChI=1S/C14H14N2O2/c1-16(11-4-2-3-10(5-11)6-15)12(17)13-7-14(18,8-13)9-13/h2-5,18H,7-9H2,1H3. The van der Waals surface area contributed by atoms with Gasteiger partial charge in [-0.25, -0.2) is 0 Å². The van der Waals surface area contributed by atoms with Gasteiger partial charge >= 0.3 is 0 Å². The fraction of sp³-hybridized carbons (Fsp3) is 0.429. The van der Waals surface area contributed by atoms with E-state index in [1.807, 2.05) is 6.07 Å². The van der Waals surface area contributed by atoms with Crippen LogP contribution in [0.25, 0.3) is 0 Å². The normalized spacial score (nSPS) is 31.8. The van der Waals surface area contributed by atoms with Crippen molar-refractivity contribution >= 4 is 11.6 Å². The lowest BCUT2D eigenvalue weighted by Gasteiger charge is -2.66. The van der Waals surface area contributed by atoms with E-state index in [9.17, 15) is 9.90 Å². The van der Waals surface area contributed by atoms with Gasteiger partial charge in [-0.05, 0) is 37.5 Å². The van der Waals surface area contributed by atoms with Crippen LogP contribution in [-0.4, -0.2) is 23.7 Å². The summed E-state index contributed by atoms with van der Waals surface area (Å²) >= 11 is 0. The van der Waals surface area contributed by atoms with E-state index in [2.05, 4.69) is 6.07 Å². The summed E-state index contributed by atoms with van der Waals surface area (Å²) < 4.78 is 0. The van der Waals surface area contributed by atoms with Crippen LogP contribution in [0.1, 0.15) is 24.8 Å². The van der Waals surface area contributed by atoms with Crippen molar-refractivity contribution in [2.45, 2.75) is 24.9 Å². The van der Waals surface area contributed by atoms with E-state index >= 15 is 0 Å². The maximum absolute atomic E-state index is 12.4. The van der Waals surface area contributed by atoms with Gasteiger partial charge in [0.1, 0.15) is 0 Å². The average Bonchev–Trinajstić information content (AvgIpc) is 2.32. The largest absolute Gasteiger partial charge is 0.390 e. The number of benzene rings is 1. The Balaban J connectivity index is 1.81. The van der Waals surface area contributed by atoms with Gasteiger partial charge in [-0.2, -0.15) is 5.26 Å². The molecule has 1 amide bonds. The summed E-state index contributed by atoms with van der Waals surface area (Å²) in [7, 11) is 1.73. The minimum Gasteiger partial charge on any atom is -0.390 e. The second-order valence-corrected chi connectivity index (χ2v) is 5.56. The molecule has 0 aliphatic heterocycles. The number of rotatable bonds is 2. The molecule has 0 saturated heterocycles. The Hall–Kier alpha value is -1.86. The van der Waals surface area contributed by atoms with Crippen molar-refractivity contribution in [3.8, 4) is 6.07 Å². The monoisotopic (exact) mass is 242 g/mol. The molecular weight excluding hydrogens is 228 g/mol. The molecule has 1 N–H and O–H groups in total. The van der Waals surface area contributed by atoms with Gasteiger partial charge in [-0.1, -0.05) is 6.07 Å². The van der Waals surface area contributed by atoms with Crippen molar-refractivity contribution in [2.75, 3.05) is 11.9 Å². The van der Waals surface area contributed by atoms with Gasteiger partial charge in [0.2, 0.25) is 5.91 Å². The molecule has 0 aromatic heterocycles. The number of carbonyl (C=O) groups excluding carboxylic acids is 1. The van der Waals surface area contributed by atoms with Crippen molar-refractivity contribution in [1.29, 1.82) is 5.26 Å². The third kappa shape index (κ3) is 1.37. The third-order valence-electron chi connectivity index (χ3n) is 4.12. The molecule has 0 heterocycles. The summed E-state index contributed by atoms with van der Waals surface area (Å²) in [5, 5.41) is 18.6. The van der Waals surface area contributed by atoms with Crippen LogP contribution >= 0.6 is 0 Å². The lowest BCUT2D eigenvalue weighted by atomic mass is 9.41. The number of anilines is 1. The van der Waals surface area contributed by atoms with Crippen LogP contribution in [0.15, 0.2) is 24.3 Å². The van der Waals surface area contributed by atoms with Gasteiger partial charge in [0.25, 0.3) is 0 Å². The molecule has 4 nitrogen and oxygen atoms in total. The number of aliphatic hydroxyl groups is 1. The predicted octanol–water partition coefficient (Wildman–Crippen LogP) is 1.44. The molecule has 0 atom stereocenters. The summed E-state index contributed by atoms with van der Waals surface area (Å²) in [5.74, 6) is 0.0496. The molecular formula is C14H14N2O2. The highest BCUT2D eigenvalue weighted by atomic mass is 16.3. The molecule has 4 rings (SSSR count). The molecule has 3 fully saturated rings. The predicted molar refractivity (Wildman–Crippen MR) is 65.8 cm³/mol. The van der Waals surface area contributed by atoms with Crippen LogP contribution in [0.4, 0.5) is 5.69 Å². The first-order valence-corrected chi connectivity index (χ1v) is 5.99. The molecule has 3 aliphatic rings. The average molecular weight is 242 g/mol. The molecule has 0 spiro atoms. The zero-order chi connectivity index (χ0) is 13.0. The Morgan fingerprint density at radius 1 is 1.44 bits per heavy atom. The van der Waals surface area contributed by atoms with Gasteiger partial charge in [0.05, 0.1) is 22.6 Å². The second kappa shape index (κ2) is 3.33. The number of nitrogens with zero attached hydrogens (tertiary/aromatic N) is 2. The molecule has 2 bridgehead atoms. The first-order valence-electron chi connectivity index (χ1n) is 5.99. The highest BCUT2D eigenvalue weighted by Gasteiger charge is 2.71. The number of nitriles is 1. The summed E-state index contributed by atoms with van der Waals surface area (Å²) in [5.41, 5.74) is 0.371. The Bertz CT molecular complexity index is 554. The third-order valence-corrected chi connectivity index (χ3v) is 4.12. The molecule has 1 aromatic rings. The fourth-order valence-corrected chi connectivity index (χ4v) is 3.22. The van der Waals surface area contributed by atoms with E-state index in [-0.39, 0.29) is 11.3 Å². The number of amides is 1. The van der Waals surface area contributed by atoms with Gasteiger partial charge < -0.3 is 10.0 Å². The first-order chi connectivity index (χ1) is 8.48. The minimum atomic E-state index is -0.564. The summed E-state index contributed by atoms with van der Waals surface area (Å²) in [6.45, 7) is 0. The van der Waals surface area contributed by atoms with Crippen LogP contribution in [0, 0.1) is 16.7 Å². The molecule has 0 unspecified atom stereocenters. The van der Waals surface area contributed by atoms with Gasteiger partial charge in [0, 0.05) is 12.7 Å². The van der Waals surface area contributed by atoms with Gasteiger partial charge in [-0.15, -0.1) is 0 Å². The van der Waals surface area contributed by atoms with Crippen LogP contribution < -0.4 is 4.90 Å². The van der Waals surface area contributed by atoms with Crippen LogP contribution in [0.5, 0.6) is 0 Å². The maximum Gasteiger partial charge on any atom is 0.233 e. The summed E-state index contributed by atoms with van der Waals surface area (Å²) in [4.78, 5) is 14.0. The SMILES string of the molecule is CN(C(=O)C12CC(O)(C1)C2)c1cccc(C#N)c1. The summed E-state index contributed by atoms with van der Waals surface area (Å²) in [6, 6.07) is 9.08. The zero-order valence-electron chi connectivity index (χ0n) is 10.2. The van der Waals surface area contributed by atoms with Crippen LogP contribution in [-0.2, 0) is 4.79 Å². The second-order valence-electron chi connectivity index (χ2n) is 5.56. The van der Waals surface area contributed by atoms with Crippen molar-refractivity contribution in [1.82, 2.24) is 0 Å². The lowest BCUT2D eigenvalue weighted by molar-refractivity contribution is -0.248. The topological polar surface area (TPSA) is 64.3 Å². The Morgan fingerprint density at radius 3 is 2.67 bits per heavy atom. The Morgan fingerprint density at radius 2 is 2.11 bits per heavy atom. The van der Waals surface area contributed by atoms with Crippen molar-refractivity contribution in [3.05, 3.63) is 29.8 Å². The molecule has 0 radical (unpaired) electrons. The Kier molecular flexibility index (Phi) is 2.08. The van der Waals surface area contributed by atoms with Crippen molar-refractivity contribution in [2.24, 2.45) is 5.41 Å². The van der Waals surface area contributed by atoms with Crippen molar-refractivity contribution in [3.63, 3.8) is 0 Å². The molecule has 4 heteroatoms. The van der Waals surface area contributed by atoms with Crippen molar-refractivity contribution < 1.29 is 9.90 Å². The molecule has 3 aliphatic carbocycles. The van der Waals surface area contributed by atoms with Crippen LogP contribution in [0.3, 0.4) is 0 Å². The number of carbonyl (C=O) groups is 1. The minimum absolute atomic E-state index is 0.0496. The van der Waals surface area contributed by atoms with Gasteiger partial charge in [-0.3, -0.25) is 4.79 Å². The molecule has 1 aromatic carbocycles. The van der Waals surface area contributed by atoms with E-state index in [0.29, 0.717) is 24.8 Å². The van der Waals surface area contributed by atoms with E-state index < -0.39 is 5.60 Å². The van der Waals surface area contributed by atoms with E-state index in [1.54, 1.807) is 30.1 Å². The zero-order valence-corrected chi connectivity index (χ0v) is 10.2. The highest BCUT2D eigenvalue weighted by Crippen LogP contribution is 2.67. The van der Waals surface area contributed by atoms with Crippen LogP contribution in [0.2, 0.25) is 0 Å². The number of hydrogen-bond acceptors (Lipinski definition) is 3. The lowest BCUT2D eigenvalue weighted by Crippen LogP contribution is -2.72. The fourth-order valence-electron chi connectivity index (χ4n) is 3.22. The first kappa shape index (κ1) is 11.2. The molecule has 92 valence electrons. The van der Waals surface area contributed by atoms with E-state index in [4.69, 9.17) is 5.26 Å². The molecule has 3 saturated carbocycles. The van der Waals surface area contributed by atoms with Gasteiger partial charge in [0.15, 0.2) is 0 Å². The Labute approximate surface area is 105 Å². The summed E-state index contributed by atoms with van der Waals surface area (Å²) in [6.07, 6.45) is 1.75. The van der Waals surface area contributed by atoms with E-state index in [1.165, 1.54) is 0 Å². The number of hydrogen-bond donors (Lipinski definition) is 1. The maximum atomic E-state index is 12.4. The quantitative estimate of drug-likeness (QED) is 0.853. The smallest absolute Gasteiger partial charge is 0.233 e. The molecule has 18 heavy (non-hydrogen) atoms.